The average Bonchev–Trinajstić information content (AvgIpc) is 2.36. The van der Waals surface area contributed by atoms with E-state index in [-0.39, 0.29) is 17.2 Å². The molecule has 1 aromatic rings. The smallest absolute Gasteiger partial charge is 0.248 e. The van der Waals surface area contributed by atoms with Crippen LogP contribution in [0.4, 0.5) is 5.69 Å². The van der Waals surface area contributed by atoms with Crippen LogP contribution < -0.4 is 11.1 Å². The Labute approximate surface area is 106 Å². The molecular weight excluding hydrogens is 256 g/mol. The molecule has 4 N–H and O–H groups in total. The Morgan fingerprint density at radius 3 is 2.61 bits per heavy atom. The second kappa shape index (κ2) is 5.83. The van der Waals surface area contributed by atoms with E-state index < -0.39 is 21.8 Å². The predicted octanol–water partition coefficient (Wildman–Crippen LogP) is -0.262. The molecule has 0 aliphatic rings. The van der Waals surface area contributed by atoms with E-state index in [0.29, 0.717) is 5.69 Å². The number of aliphatic hydroxyl groups is 1. The highest BCUT2D eigenvalue weighted by molar-refractivity contribution is 7.91. The number of primary amides is 1. The molecule has 7 heteroatoms. The number of hydrogen-bond donors (Lipinski definition) is 3. The molecule has 1 amide bonds. The zero-order chi connectivity index (χ0) is 13.8. The van der Waals surface area contributed by atoms with Gasteiger partial charge in [0.2, 0.25) is 5.91 Å². The van der Waals surface area contributed by atoms with Gasteiger partial charge in [0, 0.05) is 6.54 Å². The maximum Gasteiger partial charge on any atom is 0.248 e. The van der Waals surface area contributed by atoms with Gasteiger partial charge in [0.25, 0.3) is 0 Å². The SMILES string of the molecule is CCS(=O)(=O)c1ccccc1NCC(O)C(N)=O. The van der Waals surface area contributed by atoms with Crippen molar-refractivity contribution in [2.24, 2.45) is 5.73 Å². The molecule has 100 valence electrons. The van der Waals surface area contributed by atoms with Crippen LogP contribution in [0.15, 0.2) is 29.2 Å². The van der Waals surface area contributed by atoms with E-state index in [4.69, 9.17) is 5.73 Å². The van der Waals surface area contributed by atoms with Gasteiger partial charge in [-0.3, -0.25) is 4.79 Å². The first-order valence-corrected chi connectivity index (χ1v) is 7.06. The second-order valence-corrected chi connectivity index (χ2v) is 5.95. The fourth-order valence-electron chi connectivity index (χ4n) is 1.35. The number of rotatable bonds is 6. The molecule has 1 atom stereocenters. The number of anilines is 1. The molecule has 0 aliphatic carbocycles. The number of aliphatic hydroxyl groups excluding tert-OH is 1. The molecule has 6 nitrogen and oxygen atoms in total. The molecule has 18 heavy (non-hydrogen) atoms. The van der Waals surface area contributed by atoms with Gasteiger partial charge >= 0.3 is 0 Å². The van der Waals surface area contributed by atoms with Gasteiger partial charge in [-0.2, -0.15) is 0 Å². The third-order valence-corrected chi connectivity index (χ3v) is 4.20. The first kappa shape index (κ1) is 14.5. The molecule has 0 bridgehead atoms. The molecule has 0 heterocycles. The number of amides is 1. The average molecular weight is 272 g/mol. The quantitative estimate of drug-likeness (QED) is 0.661. The fraction of sp³-hybridized carbons (Fsp3) is 0.364. The highest BCUT2D eigenvalue weighted by Gasteiger charge is 2.17. The highest BCUT2D eigenvalue weighted by Crippen LogP contribution is 2.21. The minimum absolute atomic E-state index is 0.0237. The monoisotopic (exact) mass is 272 g/mol. The number of nitrogens with one attached hydrogen (secondary N) is 1. The summed E-state index contributed by atoms with van der Waals surface area (Å²) < 4.78 is 23.6. The van der Waals surface area contributed by atoms with Crippen molar-refractivity contribution in [2.45, 2.75) is 17.9 Å². The van der Waals surface area contributed by atoms with E-state index in [0.717, 1.165) is 0 Å². The van der Waals surface area contributed by atoms with Gasteiger partial charge in [-0.1, -0.05) is 19.1 Å². The van der Waals surface area contributed by atoms with E-state index in [1.807, 2.05) is 0 Å². The Balaban J connectivity index is 2.94. The van der Waals surface area contributed by atoms with Crippen molar-refractivity contribution in [1.29, 1.82) is 0 Å². The fourth-order valence-corrected chi connectivity index (χ4v) is 2.42. The van der Waals surface area contributed by atoms with Gasteiger partial charge < -0.3 is 16.2 Å². The standard InChI is InChI=1S/C11H16N2O4S/c1-2-18(16,17)10-6-4-3-5-8(10)13-7-9(14)11(12)15/h3-6,9,13-14H,2,7H2,1H3,(H2,12,15). The molecular formula is C11H16N2O4S. The summed E-state index contributed by atoms with van der Waals surface area (Å²) in [5.41, 5.74) is 5.25. The lowest BCUT2D eigenvalue weighted by Gasteiger charge is -2.13. The van der Waals surface area contributed by atoms with Gasteiger partial charge in [0.15, 0.2) is 9.84 Å². The van der Waals surface area contributed by atoms with E-state index >= 15 is 0 Å². The molecule has 0 spiro atoms. The summed E-state index contributed by atoms with van der Waals surface area (Å²) in [6.07, 6.45) is -1.36. The number of nitrogens with two attached hydrogens (primary N) is 1. The van der Waals surface area contributed by atoms with Crippen molar-refractivity contribution < 1.29 is 18.3 Å². The van der Waals surface area contributed by atoms with Crippen molar-refractivity contribution in [2.75, 3.05) is 17.6 Å². The first-order valence-electron chi connectivity index (χ1n) is 5.41. The number of para-hydroxylation sites is 1. The van der Waals surface area contributed by atoms with Crippen molar-refractivity contribution in [3.8, 4) is 0 Å². The van der Waals surface area contributed by atoms with Gasteiger partial charge in [0.1, 0.15) is 6.10 Å². The summed E-state index contributed by atoms with van der Waals surface area (Å²) in [6.45, 7) is 1.41. The van der Waals surface area contributed by atoms with E-state index in [9.17, 15) is 18.3 Å². The summed E-state index contributed by atoms with van der Waals surface area (Å²) in [7, 11) is -3.36. The lowest BCUT2D eigenvalue weighted by Crippen LogP contribution is -2.34. The van der Waals surface area contributed by atoms with E-state index in [2.05, 4.69) is 5.32 Å². The zero-order valence-corrected chi connectivity index (χ0v) is 10.8. The molecule has 1 rings (SSSR count). The summed E-state index contributed by atoms with van der Waals surface area (Å²) >= 11 is 0. The molecule has 0 radical (unpaired) electrons. The third kappa shape index (κ3) is 3.44. The van der Waals surface area contributed by atoms with Crippen LogP contribution in [0, 0.1) is 0 Å². The zero-order valence-electron chi connectivity index (χ0n) is 9.96. The van der Waals surface area contributed by atoms with Crippen molar-refractivity contribution in [3.63, 3.8) is 0 Å². The van der Waals surface area contributed by atoms with Crippen LogP contribution in [0.2, 0.25) is 0 Å². The Morgan fingerprint density at radius 2 is 2.06 bits per heavy atom. The number of sulfone groups is 1. The minimum atomic E-state index is -3.36. The highest BCUT2D eigenvalue weighted by atomic mass is 32.2. The first-order chi connectivity index (χ1) is 8.38. The Morgan fingerprint density at radius 1 is 1.44 bits per heavy atom. The Kier molecular flexibility index (Phi) is 4.69. The maximum absolute atomic E-state index is 11.8. The molecule has 0 saturated heterocycles. The van der Waals surface area contributed by atoms with Crippen LogP contribution in [0.5, 0.6) is 0 Å². The lowest BCUT2D eigenvalue weighted by molar-refractivity contribution is -0.125. The van der Waals surface area contributed by atoms with Crippen molar-refractivity contribution in [3.05, 3.63) is 24.3 Å². The van der Waals surface area contributed by atoms with Crippen LogP contribution in [0.25, 0.3) is 0 Å². The number of carbonyl (C=O) groups excluding carboxylic acids is 1. The van der Waals surface area contributed by atoms with Crippen LogP contribution in [-0.4, -0.2) is 37.8 Å². The predicted molar refractivity (Wildman–Crippen MR) is 67.9 cm³/mol. The van der Waals surface area contributed by atoms with Crippen LogP contribution in [-0.2, 0) is 14.6 Å². The molecule has 0 aliphatic heterocycles. The maximum atomic E-state index is 11.8. The molecule has 1 unspecified atom stereocenters. The normalized spacial score (nSPS) is 13.0. The van der Waals surface area contributed by atoms with Gasteiger partial charge in [-0.05, 0) is 12.1 Å². The van der Waals surface area contributed by atoms with Crippen LogP contribution >= 0.6 is 0 Å². The summed E-state index contributed by atoms with van der Waals surface area (Å²) in [5, 5.41) is 12.0. The molecule has 0 aromatic heterocycles. The number of carbonyl (C=O) groups is 1. The van der Waals surface area contributed by atoms with Gasteiger partial charge in [-0.25, -0.2) is 8.42 Å². The number of benzene rings is 1. The Bertz CT molecular complexity index is 528. The molecule has 0 fully saturated rings. The third-order valence-electron chi connectivity index (χ3n) is 2.42. The van der Waals surface area contributed by atoms with E-state index in [1.54, 1.807) is 25.1 Å². The molecule has 1 aromatic carbocycles. The van der Waals surface area contributed by atoms with Crippen LogP contribution in [0.1, 0.15) is 6.92 Å². The van der Waals surface area contributed by atoms with Gasteiger partial charge in [-0.15, -0.1) is 0 Å². The van der Waals surface area contributed by atoms with Crippen molar-refractivity contribution >= 4 is 21.4 Å². The largest absolute Gasteiger partial charge is 0.381 e. The Hall–Kier alpha value is -1.60. The van der Waals surface area contributed by atoms with Crippen LogP contribution in [0.3, 0.4) is 0 Å². The second-order valence-electron chi connectivity index (χ2n) is 3.70. The summed E-state index contributed by atoms with van der Waals surface area (Å²) in [5.74, 6) is -0.886. The van der Waals surface area contributed by atoms with Gasteiger partial charge in [0.05, 0.1) is 16.3 Å². The molecule has 0 saturated carbocycles. The summed E-state index contributed by atoms with van der Waals surface area (Å²) in [6, 6.07) is 6.31. The number of hydrogen-bond acceptors (Lipinski definition) is 5. The summed E-state index contributed by atoms with van der Waals surface area (Å²) in [4.78, 5) is 10.8. The topological polar surface area (TPSA) is 109 Å². The van der Waals surface area contributed by atoms with E-state index in [1.165, 1.54) is 6.07 Å². The minimum Gasteiger partial charge on any atom is -0.381 e. The van der Waals surface area contributed by atoms with Crippen molar-refractivity contribution in [1.82, 2.24) is 0 Å². The lowest BCUT2D eigenvalue weighted by atomic mass is 10.3.